The predicted molar refractivity (Wildman–Crippen MR) is 84.6 cm³/mol. The topological polar surface area (TPSA) is 50.4 Å². The number of halogens is 1. The third-order valence-corrected chi connectivity index (χ3v) is 4.17. The molecular weight excluding hydrogens is 288 g/mol. The molecule has 1 unspecified atom stereocenters. The second-order valence-electron chi connectivity index (χ2n) is 5.65. The van der Waals surface area contributed by atoms with Gasteiger partial charge in [-0.2, -0.15) is 0 Å². The number of hydrogen-bond acceptors (Lipinski definition) is 2. The van der Waals surface area contributed by atoms with Gasteiger partial charge in [0.05, 0.1) is 10.7 Å². The van der Waals surface area contributed by atoms with E-state index in [-0.39, 0.29) is 18.6 Å². The first-order valence-corrected chi connectivity index (χ1v) is 7.56. The molecule has 1 aromatic carbocycles. The van der Waals surface area contributed by atoms with Gasteiger partial charge in [0.1, 0.15) is 5.60 Å². The molecule has 2 amide bonds. The van der Waals surface area contributed by atoms with Crippen LogP contribution in [-0.2, 0) is 10.3 Å². The monoisotopic (exact) mass is 313 g/mol. The Morgan fingerprint density at radius 2 is 2.29 bits per heavy atom. The highest BCUT2D eigenvalue weighted by Crippen LogP contribution is 2.26. The summed E-state index contributed by atoms with van der Waals surface area (Å²) in [5.74, 6) is 0. The molecule has 0 aliphatic heterocycles. The Morgan fingerprint density at radius 1 is 1.52 bits per heavy atom. The Bertz CT molecular complexity index is 577. The summed E-state index contributed by atoms with van der Waals surface area (Å²) in [6.45, 7) is 1.64. The number of nitrogens with one attached hydrogen (secondary N) is 2. The molecule has 2 N–H and O–H groups in total. The van der Waals surface area contributed by atoms with Crippen LogP contribution in [0.1, 0.15) is 42.3 Å². The van der Waals surface area contributed by atoms with Crippen molar-refractivity contribution in [1.82, 2.24) is 10.6 Å². The molecule has 0 aromatic heterocycles. The van der Waals surface area contributed by atoms with Gasteiger partial charge in [-0.1, -0.05) is 36.6 Å². The Kier molecular flexibility index (Phi) is 4.18. The van der Waals surface area contributed by atoms with Gasteiger partial charge in [-0.15, -0.1) is 0 Å². The molecule has 21 heavy (non-hydrogen) atoms. The maximum atomic E-state index is 12.1. The van der Waals surface area contributed by atoms with Crippen LogP contribution < -0.4 is 10.6 Å². The van der Waals surface area contributed by atoms with Crippen LogP contribution in [0.2, 0.25) is 5.02 Å². The molecule has 1 fully saturated rings. The van der Waals surface area contributed by atoms with E-state index >= 15 is 0 Å². The lowest BCUT2D eigenvalue weighted by molar-refractivity contribution is 0.00482. The number of rotatable bonds is 5. The minimum atomic E-state index is -2.60. The van der Waals surface area contributed by atoms with Crippen molar-refractivity contribution >= 4 is 17.6 Å². The van der Waals surface area contributed by atoms with Crippen molar-refractivity contribution in [3.8, 4) is 0 Å². The molecule has 1 aliphatic rings. The number of carbonyl (C=O) groups is 1. The van der Waals surface area contributed by atoms with E-state index in [0.717, 1.165) is 25.7 Å². The quantitative estimate of drug-likeness (QED) is 0.875. The van der Waals surface area contributed by atoms with E-state index in [1.54, 1.807) is 31.2 Å². The number of urea groups is 1. The summed E-state index contributed by atoms with van der Waals surface area (Å²) in [5.41, 5.74) is -0.629. The zero-order chi connectivity index (χ0) is 17.8. The summed E-state index contributed by atoms with van der Waals surface area (Å²) in [5, 5.41) is 6.10. The molecule has 0 heterocycles. The fourth-order valence-corrected chi connectivity index (χ4v) is 2.76. The van der Waals surface area contributed by atoms with Crippen molar-refractivity contribution in [2.75, 3.05) is 13.6 Å². The van der Waals surface area contributed by atoms with Gasteiger partial charge < -0.3 is 15.4 Å². The predicted octanol–water partition coefficient (Wildman–Crippen LogP) is 3.44. The van der Waals surface area contributed by atoms with E-state index in [0.29, 0.717) is 10.6 Å². The highest BCUT2D eigenvalue weighted by atomic mass is 35.5. The number of ether oxygens (including phenoxy) is 1. The maximum absolute atomic E-state index is 12.1. The van der Waals surface area contributed by atoms with Crippen molar-refractivity contribution < 1.29 is 13.6 Å². The Balaban J connectivity index is 2.06. The highest BCUT2D eigenvalue weighted by molar-refractivity contribution is 6.30. The molecule has 116 valence electrons. The highest BCUT2D eigenvalue weighted by Gasteiger charge is 2.27. The van der Waals surface area contributed by atoms with Crippen LogP contribution >= 0.6 is 11.6 Å². The molecule has 0 bridgehead atoms. The number of hydrogen-bond donors (Lipinski definition) is 2. The van der Waals surface area contributed by atoms with Gasteiger partial charge in [0.2, 0.25) is 0 Å². The summed E-state index contributed by atoms with van der Waals surface area (Å²) >= 11 is 6.00. The number of methoxy groups -OCH3 is 1. The van der Waals surface area contributed by atoms with E-state index in [1.165, 1.54) is 0 Å². The van der Waals surface area contributed by atoms with Gasteiger partial charge in [0.25, 0.3) is 0 Å². The summed E-state index contributed by atoms with van der Waals surface area (Å²) in [4.78, 5) is 12.1. The SMILES string of the molecule is [2H]C([2H])([2H])OC(C)(CNC(=O)NC1CCCC1)c1cccc(Cl)c1. The summed E-state index contributed by atoms with van der Waals surface area (Å²) in [6, 6.07) is 6.66. The van der Waals surface area contributed by atoms with Gasteiger partial charge in [0, 0.05) is 18.1 Å². The van der Waals surface area contributed by atoms with Crippen molar-refractivity contribution in [1.29, 1.82) is 0 Å². The second kappa shape index (κ2) is 7.14. The standard InChI is InChI=1S/C16H23ClN2O2/c1-16(21-2,12-6-5-7-13(17)10-12)11-18-15(20)19-14-8-3-4-9-14/h5-7,10,14H,3-4,8-9,11H2,1-2H3,(H2,18,19,20)/i2D3. The fraction of sp³-hybridized carbons (Fsp3) is 0.562. The third kappa shape index (κ3) is 4.35. The van der Waals surface area contributed by atoms with Gasteiger partial charge in [-0.25, -0.2) is 4.79 Å². The van der Waals surface area contributed by atoms with Crippen molar-refractivity contribution in [2.45, 2.75) is 44.2 Å². The van der Waals surface area contributed by atoms with Crippen LogP contribution in [0.5, 0.6) is 0 Å². The zero-order valence-electron chi connectivity index (χ0n) is 15.1. The lowest BCUT2D eigenvalue weighted by atomic mass is 9.96. The van der Waals surface area contributed by atoms with E-state index in [2.05, 4.69) is 10.6 Å². The molecule has 1 aromatic rings. The number of carbonyl (C=O) groups excluding carboxylic acids is 1. The van der Waals surface area contributed by atoms with E-state index in [4.69, 9.17) is 20.5 Å². The molecule has 0 saturated heterocycles. The summed E-state index contributed by atoms with van der Waals surface area (Å²) in [7, 11) is -2.60. The van der Waals surface area contributed by atoms with Gasteiger partial charge in [0.15, 0.2) is 0 Å². The maximum Gasteiger partial charge on any atom is 0.315 e. The van der Waals surface area contributed by atoms with Gasteiger partial charge in [-0.05, 0) is 37.5 Å². The molecule has 5 heteroatoms. The van der Waals surface area contributed by atoms with Gasteiger partial charge >= 0.3 is 6.03 Å². The summed E-state index contributed by atoms with van der Waals surface area (Å²) in [6.07, 6.45) is 4.19. The van der Waals surface area contributed by atoms with E-state index < -0.39 is 12.6 Å². The molecule has 1 atom stereocenters. The minimum absolute atomic E-state index is 0.0181. The van der Waals surface area contributed by atoms with E-state index in [1.807, 2.05) is 0 Å². The largest absolute Gasteiger partial charge is 0.372 e. The molecular formula is C16H23ClN2O2. The van der Waals surface area contributed by atoms with Crippen LogP contribution in [0.15, 0.2) is 24.3 Å². The van der Waals surface area contributed by atoms with Crippen LogP contribution in [0.4, 0.5) is 4.79 Å². The Labute approximate surface area is 135 Å². The molecule has 0 radical (unpaired) electrons. The molecule has 0 spiro atoms. The van der Waals surface area contributed by atoms with Crippen LogP contribution in [0.3, 0.4) is 0 Å². The second-order valence-corrected chi connectivity index (χ2v) is 6.09. The summed E-state index contributed by atoms with van der Waals surface area (Å²) < 4.78 is 27.5. The molecule has 1 aliphatic carbocycles. The van der Waals surface area contributed by atoms with Gasteiger partial charge in [-0.3, -0.25) is 0 Å². The zero-order valence-corrected chi connectivity index (χ0v) is 12.9. The first-order chi connectivity index (χ1) is 11.2. The molecule has 2 rings (SSSR count). The Morgan fingerprint density at radius 3 is 2.95 bits per heavy atom. The first-order valence-electron chi connectivity index (χ1n) is 8.69. The smallest absolute Gasteiger partial charge is 0.315 e. The average Bonchev–Trinajstić information content (AvgIpc) is 2.96. The van der Waals surface area contributed by atoms with Crippen LogP contribution in [0.25, 0.3) is 0 Å². The first kappa shape index (κ1) is 12.3. The normalized spacial score (nSPS) is 21.0. The minimum Gasteiger partial charge on any atom is -0.372 e. The number of amides is 2. The van der Waals surface area contributed by atoms with Crippen molar-refractivity contribution in [3.63, 3.8) is 0 Å². The number of benzene rings is 1. The molecule has 1 saturated carbocycles. The fourth-order valence-electron chi connectivity index (χ4n) is 2.57. The van der Waals surface area contributed by atoms with Crippen LogP contribution in [-0.4, -0.2) is 25.7 Å². The average molecular weight is 314 g/mol. The van der Waals surface area contributed by atoms with Crippen molar-refractivity contribution in [3.05, 3.63) is 34.9 Å². The van der Waals surface area contributed by atoms with Crippen LogP contribution in [0, 0.1) is 0 Å². The lowest BCUT2D eigenvalue weighted by Gasteiger charge is -2.29. The third-order valence-electron chi connectivity index (χ3n) is 3.94. The molecule has 4 nitrogen and oxygen atoms in total. The van der Waals surface area contributed by atoms with E-state index in [9.17, 15) is 4.79 Å². The van der Waals surface area contributed by atoms with Crippen molar-refractivity contribution in [2.24, 2.45) is 0 Å². The lowest BCUT2D eigenvalue weighted by Crippen LogP contribution is -2.46. The Hall–Kier alpha value is -1.26.